The number of benzene rings is 1. The molecular formula is C13H17BrN4O2. The average molecular weight is 341 g/mol. The summed E-state index contributed by atoms with van der Waals surface area (Å²) in [5.74, 6) is -1.31. The minimum absolute atomic E-state index is 0.581. The number of likely N-dealkylation sites (N-methyl/N-ethyl adjacent to an activating group) is 1. The fraction of sp³-hybridized carbons (Fsp3) is 0.385. The lowest BCUT2D eigenvalue weighted by atomic mass is 10.3. The van der Waals surface area contributed by atoms with Gasteiger partial charge in [0, 0.05) is 36.3 Å². The first kappa shape index (κ1) is 15.0. The minimum atomic E-state index is -0.665. The zero-order valence-corrected chi connectivity index (χ0v) is 12.8. The quantitative estimate of drug-likeness (QED) is 0.776. The van der Waals surface area contributed by atoms with Crippen molar-refractivity contribution in [2.45, 2.75) is 0 Å². The fourth-order valence-corrected chi connectivity index (χ4v) is 2.27. The van der Waals surface area contributed by atoms with Crippen LogP contribution in [0.4, 0.5) is 5.69 Å². The number of hydrazine groups is 1. The van der Waals surface area contributed by atoms with E-state index in [0.717, 1.165) is 17.6 Å². The van der Waals surface area contributed by atoms with Crippen molar-refractivity contribution in [1.29, 1.82) is 0 Å². The summed E-state index contributed by atoms with van der Waals surface area (Å²) < 4.78 is 0.842. The van der Waals surface area contributed by atoms with E-state index in [9.17, 15) is 9.59 Å². The van der Waals surface area contributed by atoms with E-state index in [4.69, 9.17) is 0 Å². The van der Waals surface area contributed by atoms with Crippen molar-refractivity contribution >= 4 is 33.4 Å². The van der Waals surface area contributed by atoms with Gasteiger partial charge < -0.3 is 10.2 Å². The highest BCUT2D eigenvalue weighted by molar-refractivity contribution is 9.10. The van der Waals surface area contributed by atoms with Crippen molar-refractivity contribution in [2.24, 2.45) is 0 Å². The van der Waals surface area contributed by atoms with Crippen LogP contribution in [0.1, 0.15) is 0 Å². The van der Waals surface area contributed by atoms with E-state index in [2.05, 4.69) is 31.6 Å². The zero-order chi connectivity index (χ0) is 14.5. The van der Waals surface area contributed by atoms with E-state index in [1.54, 1.807) is 23.2 Å². The smallest absolute Gasteiger partial charge is 0.318 e. The van der Waals surface area contributed by atoms with Crippen LogP contribution in [0, 0.1) is 0 Å². The highest BCUT2D eigenvalue weighted by Gasteiger charge is 2.20. The lowest BCUT2D eigenvalue weighted by molar-refractivity contribution is -0.139. The van der Waals surface area contributed by atoms with Crippen LogP contribution in [0.3, 0.4) is 0 Å². The summed E-state index contributed by atoms with van der Waals surface area (Å²) in [5, 5.41) is 4.33. The Bertz CT molecular complexity index is 501. The molecule has 0 saturated carbocycles. The Morgan fingerprint density at radius 3 is 2.50 bits per heavy atom. The first-order chi connectivity index (χ1) is 9.54. The van der Waals surface area contributed by atoms with E-state index in [1.807, 2.05) is 13.1 Å². The van der Waals surface area contributed by atoms with Gasteiger partial charge in [-0.3, -0.25) is 15.0 Å². The molecule has 0 bridgehead atoms. The van der Waals surface area contributed by atoms with Crippen LogP contribution in [0.5, 0.6) is 0 Å². The second-order valence-corrected chi connectivity index (χ2v) is 5.61. The normalized spacial score (nSPS) is 16.7. The highest BCUT2D eigenvalue weighted by atomic mass is 79.9. The van der Waals surface area contributed by atoms with Crippen LogP contribution in [0.25, 0.3) is 0 Å². The summed E-state index contributed by atoms with van der Waals surface area (Å²) in [6, 6.07) is 7.10. The van der Waals surface area contributed by atoms with Crippen LogP contribution in [-0.2, 0) is 9.59 Å². The molecule has 2 amide bonds. The fourth-order valence-electron chi connectivity index (χ4n) is 1.87. The van der Waals surface area contributed by atoms with E-state index in [1.165, 1.54) is 0 Å². The van der Waals surface area contributed by atoms with Gasteiger partial charge in [0.2, 0.25) is 0 Å². The molecule has 1 aromatic rings. The summed E-state index contributed by atoms with van der Waals surface area (Å²) >= 11 is 3.31. The number of nitrogens with zero attached hydrogens (tertiary/aromatic N) is 2. The molecule has 0 aliphatic carbocycles. The number of anilines is 1. The summed E-state index contributed by atoms with van der Waals surface area (Å²) in [4.78, 5) is 25.7. The predicted octanol–water partition coefficient (Wildman–Crippen LogP) is 0.666. The number of halogens is 1. The summed E-state index contributed by atoms with van der Waals surface area (Å²) in [5.41, 5.74) is 3.20. The van der Waals surface area contributed by atoms with Crippen LogP contribution in [-0.4, -0.2) is 54.9 Å². The maximum atomic E-state index is 11.8. The molecule has 1 aliphatic rings. The Morgan fingerprint density at radius 1 is 1.15 bits per heavy atom. The number of rotatable bonds is 2. The number of hydrogen-bond donors (Lipinski definition) is 2. The number of hydrogen-bond acceptors (Lipinski definition) is 4. The maximum absolute atomic E-state index is 11.8. The third-order valence-corrected chi connectivity index (χ3v) is 3.54. The minimum Gasteiger partial charge on any atom is -0.318 e. The molecule has 20 heavy (non-hydrogen) atoms. The summed E-state index contributed by atoms with van der Waals surface area (Å²) in [7, 11) is 2.03. The second kappa shape index (κ2) is 6.83. The standard InChI is InChI=1S/C13H17BrN4O2/c1-17-5-7-18(8-6-17)16-13(20)12(19)15-11-4-2-3-10(14)9-11/h2-4,9H,5-8H2,1H3,(H,15,19)(H,16,20). The lowest BCUT2D eigenvalue weighted by Crippen LogP contribution is -2.54. The topological polar surface area (TPSA) is 64.7 Å². The monoisotopic (exact) mass is 340 g/mol. The van der Waals surface area contributed by atoms with Gasteiger partial charge in [-0.05, 0) is 25.2 Å². The van der Waals surface area contributed by atoms with Gasteiger partial charge in [0.1, 0.15) is 0 Å². The largest absolute Gasteiger partial charge is 0.323 e. The lowest BCUT2D eigenvalue weighted by Gasteiger charge is -2.32. The van der Waals surface area contributed by atoms with E-state index in [0.29, 0.717) is 18.8 Å². The van der Waals surface area contributed by atoms with Crippen molar-refractivity contribution in [3.63, 3.8) is 0 Å². The zero-order valence-electron chi connectivity index (χ0n) is 11.2. The molecule has 0 atom stereocenters. The molecule has 0 aromatic heterocycles. The van der Waals surface area contributed by atoms with Crippen LogP contribution < -0.4 is 10.7 Å². The SMILES string of the molecule is CN1CCN(NC(=O)C(=O)Nc2cccc(Br)c2)CC1. The predicted molar refractivity (Wildman–Crippen MR) is 80.0 cm³/mol. The molecule has 7 heteroatoms. The molecule has 0 spiro atoms. The Hall–Kier alpha value is -1.44. The first-order valence-electron chi connectivity index (χ1n) is 6.35. The van der Waals surface area contributed by atoms with Gasteiger partial charge >= 0.3 is 11.8 Å². The van der Waals surface area contributed by atoms with Gasteiger partial charge in [0.25, 0.3) is 0 Å². The number of carbonyl (C=O) groups is 2. The summed E-state index contributed by atoms with van der Waals surface area (Å²) in [6.07, 6.45) is 0. The number of amides is 2. The second-order valence-electron chi connectivity index (χ2n) is 4.70. The van der Waals surface area contributed by atoms with Gasteiger partial charge in [-0.15, -0.1) is 0 Å². The van der Waals surface area contributed by atoms with Gasteiger partial charge in [0.05, 0.1) is 0 Å². The van der Waals surface area contributed by atoms with Gasteiger partial charge in [-0.25, -0.2) is 5.01 Å². The van der Waals surface area contributed by atoms with Crippen molar-refractivity contribution in [3.8, 4) is 0 Å². The molecule has 6 nitrogen and oxygen atoms in total. The van der Waals surface area contributed by atoms with Crippen molar-refractivity contribution in [1.82, 2.24) is 15.3 Å². The van der Waals surface area contributed by atoms with Gasteiger partial charge in [-0.1, -0.05) is 22.0 Å². The average Bonchev–Trinajstić information content (AvgIpc) is 2.41. The molecule has 2 N–H and O–H groups in total. The molecule has 0 unspecified atom stereocenters. The molecule has 1 saturated heterocycles. The van der Waals surface area contributed by atoms with Crippen LogP contribution >= 0.6 is 15.9 Å². The first-order valence-corrected chi connectivity index (χ1v) is 7.15. The van der Waals surface area contributed by atoms with E-state index in [-0.39, 0.29) is 0 Å². The van der Waals surface area contributed by atoms with Crippen LogP contribution in [0.15, 0.2) is 28.7 Å². The van der Waals surface area contributed by atoms with Gasteiger partial charge in [-0.2, -0.15) is 0 Å². The molecule has 1 aliphatic heterocycles. The Labute approximate surface area is 126 Å². The van der Waals surface area contributed by atoms with Crippen molar-refractivity contribution < 1.29 is 9.59 Å². The molecular weight excluding hydrogens is 324 g/mol. The summed E-state index contributed by atoms with van der Waals surface area (Å²) in [6.45, 7) is 3.17. The molecule has 1 fully saturated rings. The Morgan fingerprint density at radius 2 is 1.85 bits per heavy atom. The highest BCUT2D eigenvalue weighted by Crippen LogP contribution is 2.15. The van der Waals surface area contributed by atoms with E-state index < -0.39 is 11.8 Å². The van der Waals surface area contributed by atoms with E-state index >= 15 is 0 Å². The number of piperazine rings is 1. The number of carbonyl (C=O) groups excluding carboxylic acids is 2. The molecule has 108 valence electrons. The van der Waals surface area contributed by atoms with Crippen LogP contribution in [0.2, 0.25) is 0 Å². The molecule has 2 rings (SSSR count). The van der Waals surface area contributed by atoms with Gasteiger partial charge in [0.15, 0.2) is 0 Å². The number of nitrogens with one attached hydrogen (secondary N) is 2. The third-order valence-electron chi connectivity index (χ3n) is 3.05. The van der Waals surface area contributed by atoms with Crippen molar-refractivity contribution in [2.75, 3.05) is 38.5 Å². The maximum Gasteiger partial charge on any atom is 0.323 e. The molecule has 1 aromatic carbocycles. The Kier molecular flexibility index (Phi) is 5.11. The molecule has 1 heterocycles. The van der Waals surface area contributed by atoms with Crippen molar-refractivity contribution in [3.05, 3.63) is 28.7 Å². The molecule has 0 radical (unpaired) electrons. The Balaban J connectivity index is 1.84. The third kappa shape index (κ3) is 4.29.